The Balaban J connectivity index is 2.11. The van der Waals surface area contributed by atoms with Gasteiger partial charge < -0.3 is 5.32 Å². The van der Waals surface area contributed by atoms with Gasteiger partial charge in [-0.25, -0.2) is 4.39 Å². The molecule has 104 valence electrons. The van der Waals surface area contributed by atoms with Crippen LogP contribution in [0.4, 0.5) is 15.8 Å². The zero-order valence-corrected chi connectivity index (χ0v) is 11.6. The lowest BCUT2D eigenvalue weighted by molar-refractivity contribution is -0.384. The van der Waals surface area contributed by atoms with E-state index in [9.17, 15) is 14.5 Å². The molecule has 2 aromatic carbocycles. The fourth-order valence-corrected chi connectivity index (χ4v) is 2.04. The smallest absolute Gasteiger partial charge is 0.288 e. The van der Waals surface area contributed by atoms with Crippen molar-refractivity contribution in [2.24, 2.45) is 0 Å². The molecule has 0 bridgehead atoms. The second-order valence-electron chi connectivity index (χ2n) is 4.01. The van der Waals surface area contributed by atoms with Gasteiger partial charge in [0.1, 0.15) is 10.8 Å². The highest BCUT2D eigenvalue weighted by molar-refractivity contribution is 6.33. The normalized spacial score (nSPS) is 10.3. The number of nitro benzene ring substituents is 1. The van der Waals surface area contributed by atoms with Gasteiger partial charge in [-0.1, -0.05) is 29.3 Å². The first-order valence-electron chi connectivity index (χ1n) is 5.59. The lowest BCUT2D eigenvalue weighted by atomic mass is 10.2. The summed E-state index contributed by atoms with van der Waals surface area (Å²) in [6.45, 7) is 0.219. The zero-order chi connectivity index (χ0) is 14.7. The van der Waals surface area contributed by atoms with Crippen molar-refractivity contribution >= 4 is 34.6 Å². The van der Waals surface area contributed by atoms with Crippen LogP contribution in [-0.4, -0.2) is 4.92 Å². The first-order valence-corrected chi connectivity index (χ1v) is 6.34. The molecular formula is C13H9Cl2FN2O2. The fraction of sp³-hybridized carbons (Fsp3) is 0.0769. The van der Waals surface area contributed by atoms with Gasteiger partial charge >= 0.3 is 0 Å². The van der Waals surface area contributed by atoms with E-state index in [0.717, 1.165) is 0 Å². The standard InChI is InChI=1S/C13H9Cl2FN2O2/c14-9-2-1-8(12(16)5-9)7-17-10-3-4-13(18(19)20)11(15)6-10/h1-6,17H,7H2. The third-order valence-electron chi connectivity index (χ3n) is 2.64. The second kappa shape index (κ2) is 6.07. The van der Waals surface area contributed by atoms with Crippen LogP contribution in [0.25, 0.3) is 0 Å². The van der Waals surface area contributed by atoms with Crippen LogP contribution in [0.15, 0.2) is 36.4 Å². The summed E-state index contributed by atoms with van der Waals surface area (Å²) in [7, 11) is 0. The number of anilines is 1. The number of hydrogen-bond donors (Lipinski definition) is 1. The first-order chi connectivity index (χ1) is 9.47. The van der Waals surface area contributed by atoms with E-state index < -0.39 is 10.7 Å². The predicted molar refractivity (Wildman–Crippen MR) is 76.8 cm³/mol. The van der Waals surface area contributed by atoms with E-state index >= 15 is 0 Å². The molecule has 0 heterocycles. The van der Waals surface area contributed by atoms with Gasteiger partial charge in [0, 0.05) is 28.9 Å². The third-order valence-corrected chi connectivity index (χ3v) is 3.18. The van der Waals surface area contributed by atoms with Crippen LogP contribution in [0.3, 0.4) is 0 Å². The molecule has 20 heavy (non-hydrogen) atoms. The molecule has 0 aromatic heterocycles. The molecule has 0 aliphatic rings. The Bertz CT molecular complexity index is 665. The molecule has 0 atom stereocenters. The average Bonchev–Trinajstić information content (AvgIpc) is 2.37. The third kappa shape index (κ3) is 3.37. The van der Waals surface area contributed by atoms with E-state index in [-0.39, 0.29) is 17.3 Å². The highest BCUT2D eigenvalue weighted by Crippen LogP contribution is 2.27. The minimum Gasteiger partial charge on any atom is -0.381 e. The molecule has 0 amide bonds. The van der Waals surface area contributed by atoms with E-state index in [0.29, 0.717) is 16.3 Å². The van der Waals surface area contributed by atoms with Crippen LogP contribution >= 0.6 is 23.2 Å². The number of nitrogens with one attached hydrogen (secondary N) is 1. The molecule has 2 rings (SSSR count). The molecule has 7 heteroatoms. The number of nitrogens with zero attached hydrogens (tertiary/aromatic N) is 1. The van der Waals surface area contributed by atoms with Crippen LogP contribution in [0.1, 0.15) is 5.56 Å². The Morgan fingerprint density at radius 2 is 1.95 bits per heavy atom. The summed E-state index contributed by atoms with van der Waals surface area (Å²) in [6, 6.07) is 8.61. The molecule has 4 nitrogen and oxygen atoms in total. The highest BCUT2D eigenvalue weighted by Gasteiger charge is 2.12. The van der Waals surface area contributed by atoms with Gasteiger partial charge in [-0.05, 0) is 24.3 Å². The van der Waals surface area contributed by atoms with Gasteiger partial charge in [-0.2, -0.15) is 0 Å². The van der Waals surface area contributed by atoms with Crippen molar-refractivity contribution < 1.29 is 9.31 Å². The first kappa shape index (κ1) is 14.6. The van der Waals surface area contributed by atoms with Gasteiger partial charge in [0.25, 0.3) is 5.69 Å². The lowest BCUT2D eigenvalue weighted by Crippen LogP contribution is -2.02. The van der Waals surface area contributed by atoms with E-state index in [4.69, 9.17) is 23.2 Å². The topological polar surface area (TPSA) is 55.2 Å². The van der Waals surface area contributed by atoms with Gasteiger partial charge in [0.15, 0.2) is 0 Å². The monoisotopic (exact) mass is 314 g/mol. The summed E-state index contributed by atoms with van der Waals surface area (Å²) in [6.07, 6.45) is 0. The SMILES string of the molecule is O=[N+]([O-])c1ccc(NCc2ccc(Cl)cc2F)cc1Cl. The van der Waals surface area contributed by atoms with Crippen LogP contribution < -0.4 is 5.32 Å². The molecule has 0 fully saturated rings. The summed E-state index contributed by atoms with van der Waals surface area (Å²) in [4.78, 5) is 10.1. The van der Waals surface area contributed by atoms with Crippen molar-refractivity contribution in [3.63, 3.8) is 0 Å². The van der Waals surface area contributed by atoms with Crippen LogP contribution in [0, 0.1) is 15.9 Å². The van der Waals surface area contributed by atoms with E-state index in [2.05, 4.69) is 5.32 Å². The number of rotatable bonds is 4. The Morgan fingerprint density at radius 3 is 2.55 bits per heavy atom. The summed E-state index contributed by atoms with van der Waals surface area (Å²) < 4.78 is 13.6. The number of halogens is 3. The molecule has 1 N–H and O–H groups in total. The van der Waals surface area contributed by atoms with E-state index in [1.54, 1.807) is 12.1 Å². The molecular weight excluding hydrogens is 306 g/mol. The van der Waals surface area contributed by atoms with Crippen LogP contribution in [-0.2, 0) is 6.54 Å². The van der Waals surface area contributed by atoms with Crippen molar-refractivity contribution in [2.75, 3.05) is 5.32 Å². The Hall–Kier alpha value is -1.85. The summed E-state index contributed by atoms with van der Waals surface area (Å²) in [5.41, 5.74) is 0.828. The molecule has 0 aliphatic carbocycles. The van der Waals surface area contributed by atoms with Crippen molar-refractivity contribution in [3.8, 4) is 0 Å². The second-order valence-corrected chi connectivity index (χ2v) is 4.86. The van der Waals surface area contributed by atoms with Crippen molar-refractivity contribution in [2.45, 2.75) is 6.54 Å². The highest BCUT2D eigenvalue weighted by atomic mass is 35.5. The molecule has 0 unspecified atom stereocenters. The summed E-state index contributed by atoms with van der Waals surface area (Å²) >= 11 is 11.4. The fourth-order valence-electron chi connectivity index (χ4n) is 1.63. The lowest BCUT2D eigenvalue weighted by Gasteiger charge is -2.08. The maximum Gasteiger partial charge on any atom is 0.288 e. The molecule has 0 radical (unpaired) electrons. The van der Waals surface area contributed by atoms with Crippen molar-refractivity contribution in [1.82, 2.24) is 0 Å². The minimum atomic E-state index is -0.565. The number of nitro groups is 1. The minimum absolute atomic E-state index is 0.0246. The predicted octanol–water partition coefficient (Wildman–Crippen LogP) is 4.65. The maximum atomic E-state index is 13.6. The van der Waals surface area contributed by atoms with Crippen molar-refractivity contribution in [1.29, 1.82) is 0 Å². The number of hydrogen-bond acceptors (Lipinski definition) is 3. The summed E-state index contributed by atoms with van der Waals surface area (Å²) in [5.74, 6) is -0.419. The Morgan fingerprint density at radius 1 is 1.20 bits per heavy atom. The molecule has 0 saturated carbocycles. The van der Waals surface area contributed by atoms with Crippen molar-refractivity contribution in [3.05, 3.63) is 67.9 Å². The van der Waals surface area contributed by atoms with E-state index in [1.807, 2.05) is 0 Å². The molecule has 0 aliphatic heterocycles. The number of benzene rings is 2. The Kier molecular flexibility index (Phi) is 4.42. The van der Waals surface area contributed by atoms with Gasteiger partial charge in [0.05, 0.1) is 4.92 Å². The Labute approximate surface area is 124 Å². The summed E-state index contributed by atoms with van der Waals surface area (Å²) in [5, 5.41) is 13.9. The van der Waals surface area contributed by atoms with Gasteiger partial charge in [-0.3, -0.25) is 10.1 Å². The van der Waals surface area contributed by atoms with E-state index in [1.165, 1.54) is 24.3 Å². The molecule has 0 saturated heterocycles. The quantitative estimate of drug-likeness (QED) is 0.660. The largest absolute Gasteiger partial charge is 0.381 e. The van der Waals surface area contributed by atoms with Gasteiger partial charge in [0.2, 0.25) is 0 Å². The van der Waals surface area contributed by atoms with Gasteiger partial charge in [-0.15, -0.1) is 0 Å². The molecule has 0 spiro atoms. The molecule has 2 aromatic rings. The van der Waals surface area contributed by atoms with Crippen LogP contribution in [0.5, 0.6) is 0 Å². The maximum absolute atomic E-state index is 13.6. The zero-order valence-electron chi connectivity index (χ0n) is 10.1. The van der Waals surface area contributed by atoms with Crippen LogP contribution in [0.2, 0.25) is 10.0 Å². The average molecular weight is 315 g/mol.